The molecule has 5 nitrogen and oxygen atoms in total. The summed E-state index contributed by atoms with van der Waals surface area (Å²) in [6, 6.07) is 20.8. The normalized spacial score (nSPS) is 15.4. The van der Waals surface area contributed by atoms with Crippen LogP contribution in [0.5, 0.6) is 0 Å². The van der Waals surface area contributed by atoms with Crippen molar-refractivity contribution in [1.29, 1.82) is 0 Å². The van der Waals surface area contributed by atoms with Crippen LogP contribution in [0.1, 0.15) is 12.0 Å². The average Bonchev–Trinajstić information content (AvgIpc) is 2.78. The Balaban J connectivity index is 1.38. The second-order valence-electron chi connectivity index (χ2n) is 7.39. The van der Waals surface area contributed by atoms with E-state index in [0.29, 0.717) is 43.9 Å². The fraction of sp³-hybridized carbons (Fsp3) is 0.261. The van der Waals surface area contributed by atoms with E-state index in [0.717, 1.165) is 20.8 Å². The summed E-state index contributed by atoms with van der Waals surface area (Å²) in [5.41, 5.74) is 1.10. The Morgan fingerprint density at radius 3 is 2.27 bits per heavy atom. The smallest absolute Gasteiger partial charge is 0.243 e. The highest BCUT2D eigenvalue weighted by Crippen LogP contribution is 2.23. The van der Waals surface area contributed by atoms with Crippen LogP contribution in [0, 0.1) is 0 Å². The maximum Gasteiger partial charge on any atom is 0.243 e. The molecule has 0 radical (unpaired) electrons. The van der Waals surface area contributed by atoms with Crippen molar-refractivity contribution in [2.24, 2.45) is 0 Å². The Morgan fingerprint density at radius 2 is 1.53 bits per heavy atom. The Labute approximate surface area is 185 Å². The number of rotatable bonds is 5. The van der Waals surface area contributed by atoms with Gasteiger partial charge in [0.2, 0.25) is 15.9 Å². The molecule has 1 amide bonds. The fourth-order valence-electron chi connectivity index (χ4n) is 3.76. The number of nitrogens with zero attached hydrogens (tertiary/aromatic N) is 2. The standard InChI is InChI=1S/C23H23BrN2O3S/c24-22-8-4-3-6-19(22)10-12-23(27)25-13-15-26(16-14-25)30(28,29)21-11-9-18-5-1-2-7-20(18)17-21/h1-9,11,17H,10,12-16H2. The maximum atomic E-state index is 13.1. The molecule has 0 unspecified atom stereocenters. The lowest BCUT2D eigenvalue weighted by Crippen LogP contribution is -2.50. The van der Waals surface area contributed by atoms with Gasteiger partial charge in [-0.15, -0.1) is 0 Å². The van der Waals surface area contributed by atoms with Crippen molar-refractivity contribution in [3.63, 3.8) is 0 Å². The molecule has 30 heavy (non-hydrogen) atoms. The topological polar surface area (TPSA) is 57.7 Å². The molecule has 0 bridgehead atoms. The van der Waals surface area contributed by atoms with Crippen LogP contribution >= 0.6 is 15.9 Å². The highest BCUT2D eigenvalue weighted by atomic mass is 79.9. The average molecular weight is 487 g/mol. The molecule has 1 aliphatic heterocycles. The largest absolute Gasteiger partial charge is 0.340 e. The summed E-state index contributed by atoms with van der Waals surface area (Å²) in [6.45, 7) is 1.47. The van der Waals surface area contributed by atoms with Crippen molar-refractivity contribution in [3.05, 3.63) is 76.8 Å². The first kappa shape index (κ1) is 21.0. The Hall–Kier alpha value is -2.22. The molecule has 7 heteroatoms. The quantitative estimate of drug-likeness (QED) is 0.546. The summed E-state index contributed by atoms with van der Waals surface area (Å²) in [5, 5.41) is 1.91. The summed E-state index contributed by atoms with van der Waals surface area (Å²) in [7, 11) is -3.57. The van der Waals surface area contributed by atoms with Gasteiger partial charge in [-0.2, -0.15) is 4.31 Å². The lowest BCUT2D eigenvalue weighted by molar-refractivity contribution is -0.132. The van der Waals surface area contributed by atoms with Crippen molar-refractivity contribution in [3.8, 4) is 0 Å². The molecule has 1 heterocycles. The molecule has 156 valence electrons. The van der Waals surface area contributed by atoms with Gasteiger partial charge in [-0.3, -0.25) is 4.79 Å². The number of piperazine rings is 1. The van der Waals surface area contributed by atoms with Gasteiger partial charge in [0, 0.05) is 37.1 Å². The van der Waals surface area contributed by atoms with Crippen LogP contribution in [-0.2, 0) is 21.2 Å². The lowest BCUT2D eigenvalue weighted by atomic mass is 10.1. The molecule has 3 aromatic rings. The van der Waals surface area contributed by atoms with Crippen molar-refractivity contribution in [2.75, 3.05) is 26.2 Å². The van der Waals surface area contributed by atoms with Crippen LogP contribution in [0.2, 0.25) is 0 Å². The molecular weight excluding hydrogens is 464 g/mol. The van der Waals surface area contributed by atoms with Gasteiger partial charge in [0.1, 0.15) is 0 Å². The zero-order valence-electron chi connectivity index (χ0n) is 16.5. The van der Waals surface area contributed by atoms with Crippen LogP contribution in [-0.4, -0.2) is 49.7 Å². The van der Waals surface area contributed by atoms with E-state index >= 15 is 0 Å². The lowest BCUT2D eigenvalue weighted by Gasteiger charge is -2.34. The first-order valence-electron chi connectivity index (χ1n) is 9.95. The summed E-state index contributed by atoms with van der Waals surface area (Å²) >= 11 is 3.51. The predicted octanol–water partition coefficient (Wildman–Crippen LogP) is 4.07. The Kier molecular flexibility index (Phi) is 6.22. The third kappa shape index (κ3) is 4.43. The predicted molar refractivity (Wildman–Crippen MR) is 122 cm³/mol. The second-order valence-corrected chi connectivity index (χ2v) is 10.2. The second kappa shape index (κ2) is 8.88. The molecule has 1 saturated heterocycles. The molecular formula is C23H23BrN2O3S. The summed E-state index contributed by atoms with van der Waals surface area (Å²) < 4.78 is 28.6. The fourth-order valence-corrected chi connectivity index (χ4v) is 5.70. The van der Waals surface area contributed by atoms with Gasteiger partial charge in [-0.05, 0) is 41.0 Å². The van der Waals surface area contributed by atoms with E-state index in [9.17, 15) is 13.2 Å². The van der Waals surface area contributed by atoms with E-state index in [1.807, 2.05) is 54.6 Å². The molecule has 1 fully saturated rings. The Morgan fingerprint density at radius 1 is 0.867 bits per heavy atom. The molecule has 3 aromatic carbocycles. The first-order valence-corrected chi connectivity index (χ1v) is 12.2. The van der Waals surface area contributed by atoms with E-state index < -0.39 is 10.0 Å². The number of amides is 1. The van der Waals surface area contributed by atoms with E-state index in [-0.39, 0.29) is 5.91 Å². The third-order valence-electron chi connectivity index (χ3n) is 5.52. The monoisotopic (exact) mass is 486 g/mol. The molecule has 0 N–H and O–H groups in total. The molecule has 1 aliphatic rings. The van der Waals surface area contributed by atoms with Crippen molar-refractivity contribution in [1.82, 2.24) is 9.21 Å². The number of benzene rings is 3. The van der Waals surface area contributed by atoms with E-state index in [1.54, 1.807) is 17.0 Å². The number of carbonyl (C=O) groups is 1. The molecule has 4 rings (SSSR count). The SMILES string of the molecule is O=C(CCc1ccccc1Br)N1CCN(S(=O)(=O)c2ccc3ccccc3c2)CC1. The molecule has 0 saturated carbocycles. The van der Waals surface area contributed by atoms with Crippen LogP contribution in [0.3, 0.4) is 0 Å². The van der Waals surface area contributed by atoms with Gasteiger partial charge in [0.05, 0.1) is 4.90 Å². The number of halogens is 1. The van der Waals surface area contributed by atoms with Gasteiger partial charge in [0.15, 0.2) is 0 Å². The molecule has 0 aromatic heterocycles. The zero-order chi connectivity index (χ0) is 21.1. The third-order valence-corrected chi connectivity index (χ3v) is 8.18. The minimum Gasteiger partial charge on any atom is -0.340 e. The number of sulfonamides is 1. The van der Waals surface area contributed by atoms with Crippen molar-refractivity contribution >= 4 is 42.6 Å². The number of carbonyl (C=O) groups excluding carboxylic acids is 1. The number of hydrogen-bond acceptors (Lipinski definition) is 3. The van der Waals surface area contributed by atoms with Crippen LogP contribution in [0.25, 0.3) is 10.8 Å². The number of hydrogen-bond donors (Lipinski definition) is 0. The zero-order valence-corrected chi connectivity index (χ0v) is 18.9. The van der Waals surface area contributed by atoms with Crippen molar-refractivity contribution < 1.29 is 13.2 Å². The minimum absolute atomic E-state index is 0.0634. The van der Waals surface area contributed by atoms with E-state index in [1.165, 1.54) is 4.31 Å². The molecule has 0 spiro atoms. The van der Waals surface area contributed by atoms with Gasteiger partial charge in [-0.25, -0.2) is 8.42 Å². The van der Waals surface area contributed by atoms with Gasteiger partial charge in [0.25, 0.3) is 0 Å². The van der Waals surface area contributed by atoms with Gasteiger partial charge < -0.3 is 4.90 Å². The van der Waals surface area contributed by atoms with Gasteiger partial charge in [-0.1, -0.05) is 64.5 Å². The van der Waals surface area contributed by atoms with Crippen LogP contribution in [0.15, 0.2) is 76.1 Å². The minimum atomic E-state index is -3.57. The van der Waals surface area contributed by atoms with Crippen LogP contribution < -0.4 is 0 Å². The molecule has 0 atom stereocenters. The van der Waals surface area contributed by atoms with E-state index in [2.05, 4.69) is 15.9 Å². The van der Waals surface area contributed by atoms with Gasteiger partial charge >= 0.3 is 0 Å². The summed E-state index contributed by atoms with van der Waals surface area (Å²) in [5.74, 6) is 0.0634. The van der Waals surface area contributed by atoms with E-state index in [4.69, 9.17) is 0 Å². The van der Waals surface area contributed by atoms with Crippen molar-refractivity contribution in [2.45, 2.75) is 17.7 Å². The highest BCUT2D eigenvalue weighted by Gasteiger charge is 2.30. The Bertz CT molecular complexity index is 1170. The number of aryl methyl sites for hydroxylation is 1. The maximum absolute atomic E-state index is 13.1. The summed E-state index contributed by atoms with van der Waals surface area (Å²) in [6.07, 6.45) is 1.08. The highest BCUT2D eigenvalue weighted by molar-refractivity contribution is 9.10. The summed E-state index contributed by atoms with van der Waals surface area (Å²) in [4.78, 5) is 14.7. The van der Waals surface area contributed by atoms with Crippen LogP contribution in [0.4, 0.5) is 0 Å². The molecule has 0 aliphatic carbocycles. The number of fused-ring (bicyclic) bond motifs is 1. The first-order chi connectivity index (χ1) is 14.4.